The number of nitrogens with zero attached hydrogens (tertiary/aromatic N) is 4. The van der Waals surface area contributed by atoms with Crippen LogP contribution in [0.15, 0.2) is 64.2 Å². The Hall–Kier alpha value is -4.00. The highest BCUT2D eigenvalue weighted by molar-refractivity contribution is 6.05. The third-order valence-electron chi connectivity index (χ3n) is 6.94. The minimum atomic E-state index is -0.490. The number of hydrogen-bond acceptors (Lipinski definition) is 4. The first kappa shape index (κ1) is 23.7. The summed E-state index contributed by atoms with van der Waals surface area (Å²) in [6.45, 7) is 7.17. The minimum Gasteiger partial charge on any atom is -0.339 e. The summed E-state index contributed by atoms with van der Waals surface area (Å²) in [4.78, 5) is 48.0. The number of fused-ring (bicyclic) bond motifs is 1. The van der Waals surface area contributed by atoms with E-state index >= 15 is 0 Å². The molecule has 7 nitrogen and oxygen atoms in total. The second-order valence-corrected chi connectivity index (χ2v) is 9.64. The molecular weight excluding hydrogens is 452 g/mol. The molecule has 2 aromatic heterocycles. The van der Waals surface area contributed by atoms with Crippen LogP contribution in [0, 0.1) is 20.8 Å². The van der Waals surface area contributed by atoms with E-state index in [1.807, 2.05) is 67.3 Å². The topological polar surface area (TPSA) is 77.2 Å². The van der Waals surface area contributed by atoms with E-state index in [0.29, 0.717) is 30.0 Å². The normalized spacial score (nSPS) is 13.8. The van der Waals surface area contributed by atoms with Crippen molar-refractivity contribution in [3.63, 3.8) is 0 Å². The molecule has 0 bridgehead atoms. The van der Waals surface area contributed by atoms with Crippen molar-refractivity contribution in [2.45, 2.75) is 46.6 Å². The summed E-state index contributed by atoms with van der Waals surface area (Å²) < 4.78 is 2.70. The molecule has 0 atom stereocenters. The first-order valence-electron chi connectivity index (χ1n) is 12.4. The molecular formula is C29H30N4O3. The predicted molar refractivity (Wildman–Crippen MR) is 141 cm³/mol. The van der Waals surface area contributed by atoms with E-state index in [0.717, 1.165) is 36.0 Å². The molecule has 2 aromatic carbocycles. The van der Waals surface area contributed by atoms with Gasteiger partial charge in [-0.3, -0.25) is 14.2 Å². The average Bonchev–Trinajstić information content (AvgIpc) is 2.88. The molecule has 0 saturated carbocycles. The second kappa shape index (κ2) is 9.57. The van der Waals surface area contributed by atoms with Gasteiger partial charge >= 0.3 is 5.69 Å². The maximum Gasteiger partial charge on any atom is 0.337 e. The van der Waals surface area contributed by atoms with Crippen LogP contribution in [-0.4, -0.2) is 38.0 Å². The zero-order chi connectivity index (χ0) is 25.4. The second-order valence-electron chi connectivity index (χ2n) is 9.64. The molecule has 3 heterocycles. The summed E-state index contributed by atoms with van der Waals surface area (Å²) in [5.74, 6) is -0.182. The number of piperidine rings is 1. The van der Waals surface area contributed by atoms with Crippen LogP contribution in [0.5, 0.6) is 0 Å². The third kappa shape index (κ3) is 4.26. The van der Waals surface area contributed by atoms with Gasteiger partial charge in [0.2, 0.25) is 0 Å². The molecule has 0 N–H and O–H groups in total. The van der Waals surface area contributed by atoms with Crippen LogP contribution < -0.4 is 11.2 Å². The van der Waals surface area contributed by atoms with Gasteiger partial charge < -0.3 is 4.90 Å². The quantitative estimate of drug-likeness (QED) is 0.438. The lowest BCUT2D eigenvalue weighted by atomic mass is 10.0. The number of aryl methyl sites for hydroxylation is 3. The number of likely N-dealkylation sites (tertiary alicyclic amines) is 1. The number of benzene rings is 2. The molecule has 184 valence electrons. The fraction of sp³-hybridized carbons (Fsp3) is 0.310. The number of aromatic nitrogens is 3. The van der Waals surface area contributed by atoms with Crippen LogP contribution >= 0.6 is 0 Å². The lowest BCUT2D eigenvalue weighted by Gasteiger charge is -2.27. The molecule has 1 saturated heterocycles. The molecule has 5 rings (SSSR count). The molecule has 1 amide bonds. The third-order valence-corrected chi connectivity index (χ3v) is 6.94. The van der Waals surface area contributed by atoms with Crippen LogP contribution in [0.25, 0.3) is 16.7 Å². The van der Waals surface area contributed by atoms with Crippen molar-refractivity contribution in [1.29, 1.82) is 0 Å². The number of para-hydroxylation sites is 1. The predicted octanol–water partition coefficient (Wildman–Crippen LogP) is 4.15. The summed E-state index contributed by atoms with van der Waals surface area (Å²) in [5.41, 5.74) is 3.66. The number of pyridine rings is 1. The number of hydrogen-bond donors (Lipinski definition) is 0. The van der Waals surface area contributed by atoms with Crippen LogP contribution in [0.2, 0.25) is 0 Å². The first-order chi connectivity index (χ1) is 17.3. The minimum absolute atomic E-state index is 0.110. The van der Waals surface area contributed by atoms with Crippen LogP contribution in [-0.2, 0) is 6.54 Å². The standard InChI is InChI=1S/C29H30N4O3/c1-19-12-13-20(2)22(16-19)18-32-28(35)25-24(27(34)31-14-8-5-9-15-31)17-21(3)30-26(25)33(29(32)36)23-10-6-4-7-11-23/h4,6-7,10-13,16-17H,5,8-9,14-15,18H2,1-3H3. The van der Waals surface area contributed by atoms with Gasteiger partial charge in [-0.1, -0.05) is 42.0 Å². The Bertz CT molecular complexity index is 1580. The van der Waals surface area contributed by atoms with Crippen molar-refractivity contribution in [1.82, 2.24) is 19.0 Å². The van der Waals surface area contributed by atoms with Crippen molar-refractivity contribution < 1.29 is 4.79 Å². The van der Waals surface area contributed by atoms with Crippen molar-refractivity contribution in [3.8, 4) is 5.69 Å². The molecule has 36 heavy (non-hydrogen) atoms. The summed E-state index contributed by atoms with van der Waals surface area (Å²) in [6.07, 6.45) is 2.98. The SMILES string of the molecule is Cc1ccc(C)c(Cn2c(=O)c3c(C(=O)N4CCCCC4)cc(C)nc3n(-c3ccccc3)c2=O)c1. The summed E-state index contributed by atoms with van der Waals surface area (Å²) in [7, 11) is 0. The Balaban J connectivity index is 1.83. The Labute approximate surface area is 209 Å². The number of carbonyl (C=O) groups excluding carboxylic acids is 1. The Morgan fingerprint density at radius 2 is 1.64 bits per heavy atom. The van der Waals surface area contributed by atoms with Gasteiger partial charge in [0.05, 0.1) is 23.2 Å². The zero-order valence-electron chi connectivity index (χ0n) is 21.0. The van der Waals surface area contributed by atoms with E-state index in [1.54, 1.807) is 13.0 Å². The largest absolute Gasteiger partial charge is 0.339 e. The molecule has 1 aliphatic heterocycles. The fourth-order valence-corrected chi connectivity index (χ4v) is 4.99. The first-order valence-corrected chi connectivity index (χ1v) is 12.4. The fourth-order valence-electron chi connectivity index (χ4n) is 4.99. The molecule has 0 spiro atoms. The summed E-state index contributed by atoms with van der Waals surface area (Å²) in [6, 6.07) is 16.8. The lowest BCUT2D eigenvalue weighted by Crippen LogP contribution is -2.42. The van der Waals surface area contributed by atoms with Gasteiger partial charge in [-0.15, -0.1) is 0 Å². The highest BCUT2D eigenvalue weighted by atomic mass is 16.2. The summed E-state index contributed by atoms with van der Waals surface area (Å²) >= 11 is 0. The maximum atomic E-state index is 14.0. The Morgan fingerprint density at radius 3 is 2.36 bits per heavy atom. The van der Waals surface area contributed by atoms with Crippen molar-refractivity contribution >= 4 is 16.9 Å². The molecule has 1 fully saturated rings. The number of amides is 1. The smallest absolute Gasteiger partial charge is 0.337 e. The van der Waals surface area contributed by atoms with Gasteiger partial charge in [0.15, 0.2) is 5.65 Å². The zero-order valence-corrected chi connectivity index (χ0v) is 21.0. The van der Waals surface area contributed by atoms with E-state index in [-0.39, 0.29) is 23.5 Å². The molecule has 0 aliphatic carbocycles. The molecule has 7 heteroatoms. The Kier molecular flexibility index (Phi) is 6.31. The average molecular weight is 483 g/mol. The van der Waals surface area contributed by atoms with Gasteiger partial charge in [-0.05, 0) is 69.4 Å². The van der Waals surface area contributed by atoms with Gasteiger partial charge in [-0.25, -0.2) is 14.3 Å². The van der Waals surface area contributed by atoms with Crippen LogP contribution in [0.1, 0.15) is 52.0 Å². The maximum absolute atomic E-state index is 14.0. The lowest BCUT2D eigenvalue weighted by molar-refractivity contribution is 0.0726. The van der Waals surface area contributed by atoms with Crippen molar-refractivity contribution in [2.75, 3.05) is 13.1 Å². The molecule has 4 aromatic rings. The van der Waals surface area contributed by atoms with Gasteiger partial charge in [-0.2, -0.15) is 0 Å². The van der Waals surface area contributed by atoms with Gasteiger partial charge in [0, 0.05) is 18.8 Å². The Morgan fingerprint density at radius 1 is 0.917 bits per heavy atom. The van der Waals surface area contributed by atoms with E-state index in [4.69, 9.17) is 0 Å². The van der Waals surface area contributed by atoms with Gasteiger partial charge in [0.1, 0.15) is 0 Å². The van der Waals surface area contributed by atoms with E-state index < -0.39 is 11.2 Å². The van der Waals surface area contributed by atoms with E-state index in [9.17, 15) is 14.4 Å². The van der Waals surface area contributed by atoms with Gasteiger partial charge in [0.25, 0.3) is 11.5 Å². The van der Waals surface area contributed by atoms with Crippen LogP contribution in [0.3, 0.4) is 0 Å². The molecule has 0 unspecified atom stereocenters. The highest BCUT2D eigenvalue weighted by Gasteiger charge is 2.26. The monoisotopic (exact) mass is 482 g/mol. The van der Waals surface area contributed by atoms with Crippen molar-refractivity contribution in [2.24, 2.45) is 0 Å². The highest BCUT2D eigenvalue weighted by Crippen LogP contribution is 2.21. The molecule has 1 aliphatic rings. The van der Waals surface area contributed by atoms with E-state index in [2.05, 4.69) is 4.98 Å². The summed E-state index contributed by atoms with van der Waals surface area (Å²) in [5, 5.41) is 0.185. The van der Waals surface area contributed by atoms with Crippen molar-refractivity contribution in [3.05, 3.63) is 103 Å². The number of rotatable bonds is 4. The number of carbonyl (C=O) groups is 1. The van der Waals surface area contributed by atoms with Crippen LogP contribution in [0.4, 0.5) is 0 Å². The van der Waals surface area contributed by atoms with E-state index in [1.165, 1.54) is 9.13 Å². The molecule has 0 radical (unpaired) electrons.